The lowest BCUT2D eigenvalue weighted by Gasteiger charge is -2.44. The van der Waals surface area contributed by atoms with Crippen LogP contribution >= 0.6 is 0 Å². The van der Waals surface area contributed by atoms with Gasteiger partial charge in [-0.25, -0.2) is 0 Å². The van der Waals surface area contributed by atoms with E-state index in [9.17, 15) is 9.59 Å². The predicted octanol–water partition coefficient (Wildman–Crippen LogP) is 0.487. The van der Waals surface area contributed by atoms with Gasteiger partial charge in [-0.2, -0.15) is 0 Å². The molecular weight excluding hydrogens is 242 g/mol. The van der Waals surface area contributed by atoms with Gasteiger partial charge in [0.25, 0.3) is 0 Å². The van der Waals surface area contributed by atoms with Crippen molar-refractivity contribution in [2.24, 2.45) is 17.6 Å². The lowest BCUT2D eigenvalue weighted by Crippen LogP contribution is -2.64. The monoisotopic (exact) mass is 267 g/mol. The Hall–Kier alpha value is -1.10. The van der Waals surface area contributed by atoms with Crippen molar-refractivity contribution in [3.8, 4) is 0 Å². The molecule has 2 aliphatic rings. The summed E-state index contributed by atoms with van der Waals surface area (Å²) in [7, 11) is 0. The summed E-state index contributed by atoms with van der Waals surface area (Å²) in [6.07, 6.45) is 2.65. The summed E-state index contributed by atoms with van der Waals surface area (Å²) in [5.74, 6) is 0.383. The molecule has 5 nitrogen and oxygen atoms in total. The van der Waals surface area contributed by atoms with E-state index in [1.165, 1.54) is 0 Å². The molecule has 2 fully saturated rings. The van der Waals surface area contributed by atoms with Gasteiger partial charge in [-0.3, -0.25) is 9.59 Å². The smallest absolute Gasteiger partial charge is 0.245 e. The van der Waals surface area contributed by atoms with Crippen LogP contribution in [0.2, 0.25) is 0 Å². The van der Waals surface area contributed by atoms with Crippen molar-refractivity contribution in [1.82, 2.24) is 10.2 Å². The second-order valence-electron chi connectivity index (χ2n) is 6.46. The van der Waals surface area contributed by atoms with Crippen molar-refractivity contribution >= 4 is 11.8 Å². The zero-order chi connectivity index (χ0) is 14.2. The molecule has 3 atom stereocenters. The molecule has 5 heteroatoms. The summed E-state index contributed by atoms with van der Waals surface area (Å²) >= 11 is 0. The highest BCUT2D eigenvalue weighted by Crippen LogP contribution is 2.32. The summed E-state index contributed by atoms with van der Waals surface area (Å²) in [6.45, 7) is 6.89. The van der Waals surface area contributed by atoms with Crippen LogP contribution in [0.3, 0.4) is 0 Å². The second-order valence-corrected chi connectivity index (χ2v) is 6.46. The number of nitrogens with two attached hydrogens (primary N) is 1. The fraction of sp³-hybridized carbons (Fsp3) is 0.857. The molecule has 0 aromatic heterocycles. The topological polar surface area (TPSA) is 75.4 Å². The maximum atomic E-state index is 12.7. The average molecular weight is 267 g/mol. The zero-order valence-corrected chi connectivity index (χ0v) is 12.1. The second kappa shape index (κ2) is 5.12. The van der Waals surface area contributed by atoms with Crippen LogP contribution in [-0.4, -0.2) is 41.4 Å². The molecule has 1 aliphatic carbocycles. The minimum absolute atomic E-state index is 0.0185. The van der Waals surface area contributed by atoms with Gasteiger partial charge in [-0.15, -0.1) is 0 Å². The van der Waals surface area contributed by atoms with Crippen molar-refractivity contribution in [2.45, 2.75) is 51.6 Å². The number of nitrogens with zero attached hydrogens (tertiary/aromatic N) is 1. The standard InChI is InChI=1S/C14H25N3O2/c1-9-8-10(15)4-5-11(9)12(18)17-7-6-16-13(19)14(17,2)3/h9-11H,4-8,15H2,1-3H3,(H,16,19). The number of amides is 2. The Balaban J connectivity index is 2.12. The summed E-state index contributed by atoms with van der Waals surface area (Å²) in [5, 5.41) is 2.83. The summed E-state index contributed by atoms with van der Waals surface area (Å²) in [6, 6.07) is 0.219. The van der Waals surface area contributed by atoms with Crippen molar-refractivity contribution in [3.63, 3.8) is 0 Å². The Morgan fingerprint density at radius 2 is 2.11 bits per heavy atom. The summed E-state index contributed by atoms with van der Waals surface area (Å²) < 4.78 is 0. The Bertz CT molecular complexity index is 381. The molecule has 3 unspecified atom stereocenters. The molecule has 0 radical (unpaired) electrons. The van der Waals surface area contributed by atoms with Crippen LogP contribution in [0.15, 0.2) is 0 Å². The average Bonchev–Trinajstić information content (AvgIpc) is 2.32. The molecular formula is C14H25N3O2. The molecule has 2 rings (SSSR count). The van der Waals surface area contributed by atoms with Gasteiger partial charge in [0.15, 0.2) is 0 Å². The molecule has 1 heterocycles. The molecule has 108 valence electrons. The molecule has 2 amide bonds. The molecule has 1 aliphatic heterocycles. The van der Waals surface area contributed by atoms with Crippen LogP contribution in [0, 0.1) is 11.8 Å². The third-order valence-electron chi connectivity index (χ3n) is 4.64. The maximum absolute atomic E-state index is 12.7. The molecule has 0 aromatic rings. The van der Waals surface area contributed by atoms with E-state index in [4.69, 9.17) is 5.73 Å². The third-order valence-corrected chi connectivity index (χ3v) is 4.64. The first-order valence-corrected chi connectivity index (χ1v) is 7.19. The summed E-state index contributed by atoms with van der Waals surface area (Å²) in [5.41, 5.74) is 5.21. The number of hydrogen-bond acceptors (Lipinski definition) is 3. The highest BCUT2D eigenvalue weighted by atomic mass is 16.2. The maximum Gasteiger partial charge on any atom is 0.245 e. The van der Waals surface area contributed by atoms with Gasteiger partial charge in [0.05, 0.1) is 0 Å². The minimum Gasteiger partial charge on any atom is -0.352 e. The van der Waals surface area contributed by atoms with Crippen LogP contribution in [0.5, 0.6) is 0 Å². The number of nitrogens with one attached hydrogen (secondary N) is 1. The predicted molar refractivity (Wildman–Crippen MR) is 73.3 cm³/mol. The Morgan fingerprint density at radius 1 is 1.42 bits per heavy atom. The van der Waals surface area contributed by atoms with E-state index in [2.05, 4.69) is 12.2 Å². The fourth-order valence-corrected chi connectivity index (χ4v) is 3.29. The largest absolute Gasteiger partial charge is 0.352 e. The molecule has 1 saturated heterocycles. The number of rotatable bonds is 1. The van der Waals surface area contributed by atoms with Gasteiger partial charge in [-0.05, 0) is 39.0 Å². The van der Waals surface area contributed by atoms with E-state index < -0.39 is 5.54 Å². The van der Waals surface area contributed by atoms with E-state index in [0.717, 1.165) is 19.3 Å². The fourth-order valence-electron chi connectivity index (χ4n) is 3.29. The summed E-state index contributed by atoms with van der Waals surface area (Å²) in [4.78, 5) is 26.4. The highest BCUT2D eigenvalue weighted by molar-refractivity contribution is 5.92. The van der Waals surface area contributed by atoms with Crippen LogP contribution in [0.4, 0.5) is 0 Å². The Labute approximate surface area is 114 Å². The van der Waals surface area contributed by atoms with Gasteiger partial charge in [0.1, 0.15) is 5.54 Å². The van der Waals surface area contributed by atoms with Crippen molar-refractivity contribution < 1.29 is 9.59 Å². The number of hydrogen-bond donors (Lipinski definition) is 2. The van der Waals surface area contributed by atoms with Gasteiger partial charge in [-0.1, -0.05) is 6.92 Å². The number of carbonyl (C=O) groups is 2. The Kier molecular flexibility index (Phi) is 3.85. The Morgan fingerprint density at radius 3 is 2.74 bits per heavy atom. The quantitative estimate of drug-likeness (QED) is 0.726. The lowest BCUT2D eigenvalue weighted by molar-refractivity contribution is -0.154. The van der Waals surface area contributed by atoms with E-state index in [1.54, 1.807) is 4.90 Å². The van der Waals surface area contributed by atoms with E-state index in [1.807, 2.05) is 13.8 Å². The molecule has 19 heavy (non-hydrogen) atoms. The molecule has 1 saturated carbocycles. The van der Waals surface area contributed by atoms with Crippen molar-refractivity contribution in [1.29, 1.82) is 0 Å². The van der Waals surface area contributed by atoms with Crippen LogP contribution in [-0.2, 0) is 9.59 Å². The van der Waals surface area contributed by atoms with Crippen molar-refractivity contribution in [3.05, 3.63) is 0 Å². The highest BCUT2D eigenvalue weighted by Gasteiger charge is 2.44. The first kappa shape index (κ1) is 14.3. The van der Waals surface area contributed by atoms with E-state index in [-0.39, 0.29) is 23.8 Å². The van der Waals surface area contributed by atoms with Crippen molar-refractivity contribution in [2.75, 3.05) is 13.1 Å². The number of carbonyl (C=O) groups excluding carboxylic acids is 2. The van der Waals surface area contributed by atoms with Crippen LogP contribution in [0.25, 0.3) is 0 Å². The lowest BCUT2D eigenvalue weighted by atomic mass is 9.77. The molecule has 0 bridgehead atoms. The minimum atomic E-state index is -0.741. The SMILES string of the molecule is CC1CC(N)CCC1C(=O)N1CCNC(=O)C1(C)C. The normalized spacial score (nSPS) is 34.8. The van der Waals surface area contributed by atoms with Gasteiger partial charge >= 0.3 is 0 Å². The zero-order valence-electron chi connectivity index (χ0n) is 12.1. The van der Waals surface area contributed by atoms with Crippen LogP contribution in [0.1, 0.15) is 40.0 Å². The van der Waals surface area contributed by atoms with E-state index >= 15 is 0 Å². The van der Waals surface area contributed by atoms with Crippen LogP contribution < -0.4 is 11.1 Å². The molecule has 3 N–H and O–H groups in total. The van der Waals surface area contributed by atoms with Gasteiger partial charge < -0.3 is 16.0 Å². The first-order valence-electron chi connectivity index (χ1n) is 7.19. The number of piperazine rings is 1. The first-order chi connectivity index (χ1) is 8.84. The van der Waals surface area contributed by atoms with Gasteiger partial charge in [0, 0.05) is 25.0 Å². The third kappa shape index (κ3) is 2.61. The van der Waals surface area contributed by atoms with E-state index in [0.29, 0.717) is 19.0 Å². The van der Waals surface area contributed by atoms with Gasteiger partial charge in [0.2, 0.25) is 11.8 Å². The molecule has 0 spiro atoms. The molecule has 0 aromatic carbocycles.